The van der Waals surface area contributed by atoms with E-state index >= 15 is 0 Å². The van der Waals surface area contributed by atoms with Crippen molar-refractivity contribution in [3.05, 3.63) is 35.9 Å². The third-order valence-electron chi connectivity index (χ3n) is 3.20. The number of aliphatic hydroxyl groups is 1. The van der Waals surface area contributed by atoms with Gasteiger partial charge in [0, 0.05) is 12.2 Å². The van der Waals surface area contributed by atoms with Crippen LogP contribution >= 0.6 is 0 Å². The molecule has 1 fully saturated rings. The second-order valence-corrected chi connectivity index (χ2v) is 6.58. The quantitative estimate of drug-likeness (QED) is 0.773. The van der Waals surface area contributed by atoms with E-state index in [1.54, 1.807) is 0 Å². The fourth-order valence-corrected chi connectivity index (χ4v) is 4.25. The molecule has 88 valence electrons. The molecule has 3 atom stereocenters. The molecular formula is C11H15NO3S. The highest BCUT2D eigenvalue weighted by Gasteiger charge is 2.67. The van der Waals surface area contributed by atoms with Crippen molar-refractivity contribution in [2.45, 2.75) is 16.7 Å². The molecule has 1 saturated carbocycles. The zero-order valence-corrected chi connectivity index (χ0v) is 9.81. The van der Waals surface area contributed by atoms with E-state index in [1.807, 2.05) is 30.3 Å². The molecule has 0 radical (unpaired) electrons. The van der Waals surface area contributed by atoms with Crippen molar-refractivity contribution in [3.63, 3.8) is 0 Å². The third kappa shape index (κ3) is 1.65. The van der Waals surface area contributed by atoms with Crippen LogP contribution in [0.5, 0.6) is 0 Å². The Morgan fingerprint density at radius 2 is 1.94 bits per heavy atom. The van der Waals surface area contributed by atoms with Gasteiger partial charge >= 0.3 is 0 Å². The zero-order chi connectivity index (χ0) is 12.0. The Bertz CT molecular complexity index is 485. The summed E-state index contributed by atoms with van der Waals surface area (Å²) in [7, 11) is -3.23. The van der Waals surface area contributed by atoms with Gasteiger partial charge in [-0.3, -0.25) is 0 Å². The monoisotopic (exact) mass is 241 g/mol. The molecule has 0 aliphatic heterocycles. The molecule has 0 unspecified atom stereocenters. The molecule has 0 aromatic heterocycles. The molecule has 0 amide bonds. The Morgan fingerprint density at radius 3 is 2.31 bits per heavy atom. The molecule has 0 bridgehead atoms. The van der Waals surface area contributed by atoms with Crippen LogP contribution in [-0.4, -0.2) is 37.2 Å². The van der Waals surface area contributed by atoms with Crippen molar-refractivity contribution in [1.82, 2.24) is 0 Å². The van der Waals surface area contributed by atoms with Crippen LogP contribution in [0.15, 0.2) is 30.3 Å². The summed E-state index contributed by atoms with van der Waals surface area (Å²) in [6.45, 7) is -0.315. The van der Waals surface area contributed by atoms with Crippen LogP contribution in [0, 0.1) is 0 Å². The molecule has 1 aliphatic rings. The molecule has 0 spiro atoms. The number of benzene rings is 1. The van der Waals surface area contributed by atoms with Gasteiger partial charge in [-0.2, -0.15) is 0 Å². The molecule has 0 heterocycles. The molecular weight excluding hydrogens is 226 g/mol. The van der Waals surface area contributed by atoms with Gasteiger partial charge in [-0.1, -0.05) is 30.3 Å². The van der Waals surface area contributed by atoms with Gasteiger partial charge < -0.3 is 10.8 Å². The zero-order valence-electron chi connectivity index (χ0n) is 9.00. The number of sulfone groups is 1. The van der Waals surface area contributed by atoms with Crippen molar-refractivity contribution in [2.24, 2.45) is 5.73 Å². The minimum atomic E-state index is -3.23. The lowest BCUT2D eigenvalue weighted by Gasteiger charge is -2.06. The highest BCUT2D eigenvalue weighted by molar-refractivity contribution is 7.91. The number of hydrogen-bond donors (Lipinski definition) is 2. The standard InChI is InChI=1S/C11H15NO3S/c1-16(14,15)10-9(11(10,12)7-13)8-5-3-2-4-6-8/h2-6,9-10,13H,7,12H2,1H3/t9-,10-,11-/m1/s1. The van der Waals surface area contributed by atoms with Gasteiger partial charge in [0.1, 0.15) is 0 Å². The first kappa shape index (κ1) is 11.6. The van der Waals surface area contributed by atoms with Gasteiger partial charge in [0.2, 0.25) is 0 Å². The largest absolute Gasteiger partial charge is 0.394 e. The van der Waals surface area contributed by atoms with Gasteiger partial charge in [-0.25, -0.2) is 8.42 Å². The van der Waals surface area contributed by atoms with Crippen LogP contribution in [0.2, 0.25) is 0 Å². The van der Waals surface area contributed by atoms with Crippen LogP contribution in [0.25, 0.3) is 0 Å². The van der Waals surface area contributed by atoms with Gasteiger partial charge in [-0.15, -0.1) is 0 Å². The van der Waals surface area contributed by atoms with Crippen molar-refractivity contribution >= 4 is 9.84 Å². The summed E-state index contributed by atoms with van der Waals surface area (Å²) in [4.78, 5) is 0. The molecule has 1 aromatic rings. The predicted octanol–water partition coefficient (Wildman–Crippen LogP) is -0.113. The van der Waals surface area contributed by atoms with E-state index in [-0.39, 0.29) is 12.5 Å². The van der Waals surface area contributed by atoms with E-state index in [2.05, 4.69) is 0 Å². The van der Waals surface area contributed by atoms with E-state index < -0.39 is 20.6 Å². The van der Waals surface area contributed by atoms with Crippen LogP contribution in [0.3, 0.4) is 0 Å². The fraction of sp³-hybridized carbons (Fsp3) is 0.455. The van der Waals surface area contributed by atoms with Gasteiger partial charge in [-0.05, 0) is 5.56 Å². The second kappa shape index (κ2) is 3.55. The summed E-state index contributed by atoms with van der Waals surface area (Å²) >= 11 is 0. The average molecular weight is 241 g/mol. The SMILES string of the molecule is CS(=O)(=O)[C@@H]1[C@@H](c2ccccc2)[C@]1(N)CO. The summed E-state index contributed by atoms with van der Waals surface area (Å²) in [5, 5.41) is 8.57. The summed E-state index contributed by atoms with van der Waals surface area (Å²) < 4.78 is 23.1. The summed E-state index contributed by atoms with van der Waals surface area (Å²) in [5.74, 6) is -0.298. The van der Waals surface area contributed by atoms with E-state index in [4.69, 9.17) is 5.73 Å². The lowest BCUT2D eigenvalue weighted by atomic mass is 10.1. The Kier molecular flexibility index (Phi) is 2.57. The Morgan fingerprint density at radius 1 is 1.38 bits per heavy atom. The second-order valence-electron chi connectivity index (χ2n) is 4.41. The predicted molar refractivity (Wildman–Crippen MR) is 61.8 cm³/mol. The fourth-order valence-electron chi connectivity index (χ4n) is 2.40. The van der Waals surface area contributed by atoms with E-state index in [0.29, 0.717) is 0 Å². The smallest absolute Gasteiger partial charge is 0.152 e. The highest BCUT2D eigenvalue weighted by atomic mass is 32.2. The summed E-state index contributed by atoms with van der Waals surface area (Å²) in [5.41, 5.74) is 5.77. The first-order chi connectivity index (χ1) is 7.41. The van der Waals surface area contributed by atoms with Crippen LogP contribution in [0.1, 0.15) is 11.5 Å². The Hall–Kier alpha value is -0.910. The minimum absolute atomic E-state index is 0.298. The van der Waals surface area contributed by atoms with E-state index in [9.17, 15) is 13.5 Å². The van der Waals surface area contributed by atoms with Gasteiger partial charge in [0.15, 0.2) is 9.84 Å². The summed E-state index contributed by atoms with van der Waals surface area (Å²) in [6.07, 6.45) is 1.16. The first-order valence-corrected chi connectivity index (χ1v) is 7.00. The van der Waals surface area contributed by atoms with Crippen LogP contribution in [0.4, 0.5) is 0 Å². The number of rotatable bonds is 3. The van der Waals surface area contributed by atoms with Gasteiger partial charge in [0.05, 0.1) is 17.4 Å². The molecule has 3 N–H and O–H groups in total. The molecule has 0 saturated heterocycles. The molecule has 1 aliphatic carbocycles. The topological polar surface area (TPSA) is 80.4 Å². The Labute approximate surface area is 95.0 Å². The summed E-state index contributed by atoms with van der Waals surface area (Å²) in [6, 6.07) is 9.22. The molecule has 5 heteroatoms. The van der Waals surface area contributed by atoms with Crippen molar-refractivity contribution in [3.8, 4) is 0 Å². The molecule has 4 nitrogen and oxygen atoms in total. The van der Waals surface area contributed by atoms with E-state index in [0.717, 1.165) is 11.8 Å². The number of aliphatic hydroxyl groups excluding tert-OH is 1. The van der Waals surface area contributed by atoms with Crippen molar-refractivity contribution < 1.29 is 13.5 Å². The maximum absolute atomic E-state index is 11.6. The minimum Gasteiger partial charge on any atom is -0.394 e. The van der Waals surface area contributed by atoms with Crippen LogP contribution < -0.4 is 5.73 Å². The van der Waals surface area contributed by atoms with E-state index in [1.165, 1.54) is 0 Å². The first-order valence-electron chi connectivity index (χ1n) is 5.05. The lowest BCUT2D eigenvalue weighted by Crippen LogP contribution is -2.34. The number of hydrogen-bond acceptors (Lipinski definition) is 4. The molecule has 16 heavy (non-hydrogen) atoms. The lowest BCUT2D eigenvalue weighted by molar-refractivity contribution is 0.253. The number of nitrogens with two attached hydrogens (primary N) is 1. The van der Waals surface area contributed by atoms with Gasteiger partial charge in [0.25, 0.3) is 0 Å². The molecule has 1 aromatic carbocycles. The van der Waals surface area contributed by atoms with Crippen LogP contribution in [-0.2, 0) is 9.84 Å². The average Bonchev–Trinajstić information content (AvgIpc) is 2.87. The highest BCUT2D eigenvalue weighted by Crippen LogP contribution is 2.53. The van der Waals surface area contributed by atoms with Crippen molar-refractivity contribution in [1.29, 1.82) is 0 Å². The molecule has 2 rings (SSSR count). The third-order valence-corrected chi connectivity index (χ3v) is 4.83. The van der Waals surface area contributed by atoms with Crippen molar-refractivity contribution in [2.75, 3.05) is 12.9 Å². The Balaban J connectivity index is 2.38. The maximum atomic E-state index is 11.6. The maximum Gasteiger partial charge on any atom is 0.152 e. The normalized spacial score (nSPS) is 33.7.